The second-order valence-corrected chi connectivity index (χ2v) is 4.85. The van der Waals surface area contributed by atoms with Gasteiger partial charge in [-0.2, -0.15) is 0 Å². The molecule has 0 saturated heterocycles. The molecule has 2 aromatic rings. The number of hydrogen-bond acceptors (Lipinski definition) is 3. The molecule has 0 atom stereocenters. The van der Waals surface area contributed by atoms with Crippen molar-refractivity contribution < 1.29 is 4.79 Å². The van der Waals surface area contributed by atoms with E-state index in [4.69, 9.17) is 0 Å². The van der Waals surface area contributed by atoms with Gasteiger partial charge in [0, 0.05) is 18.6 Å². The van der Waals surface area contributed by atoms with Gasteiger partial charge in [-0.3, -0.25) is 9.78 Å². The summed E-state index contributed by atoms with van der Waals surface area (Å²) in [5.41, 5.74) is 1.17. The van der Waals surface area contributed by atoms with Gasteiger partial charge in [-0.15, -0.1) is 0 Å². The van der Waals surface area contributed by atoms with Gasteiger partial charge in [0.15, 0.2) is 0 Å². The van der Waals surface area contributed by atoms with Crippen LogP contribution in [0, 0.1) is 0 Å². The number of halogens is 2. The molecule has 0 aromatic carbocycles. The second-order valence-electron chi connectivity index (χ2n) is 3.18. The van der Waals surface area contributed by atoms with Crippen molar-refractivity contribution in [2.75, 3.05) is 5.32 Å². The summed E-state index contributed by atoms with van der Waals surface area (Å²) in [6.07, 6.45) is 4.74. The zero-order chi connectivity index (χ0) is 12.3. The first-order valence-corrected chi connectivity index (χ1v) is 6.28. The van der Waals surface area contributed by atoms with Crippen molar-refractivity contribution in [3.05, 3.63) is 51.4 Å². The third kappa shape index (κ3) is 3.10. The summed E-state index contributed by atoms with van der Waals surface area (Å²) >= 11 is 6.52. The Kier molecular flexibility index (Phi) is 3.86. The maximum absolute atomic E-state index is 11.9. The van der Waals surface area contributed by atoms with Crippen LogP contribution in [0.15, 0.2) is 45.9 Å². The highest BCUT2D eigenvalue weighted by atomic mass is 79.9. The molecule has 4 nitrogen and oxygen atoms in total. The fourth-order valence-corrected chi connectivity index (χ4v) is 1.77. The Morgan fingerprint density at radius 3 is 2.65 bits per heavy atom. The normalized spacial score (nSPS) is 10.0. The monoisotopic (exact) mass is 355 g/mol. The lowest BCUT2D eigenvalue weighted by Gasteiger charge is -2.06. The highest BCUT2D eigenvalue weighted by Gasteiger charge is 2.08. The van der Waals surface area contributed by atoms with E-state index in [1.165, 1.54) is 6.20 Å². The molecule has 0 spiro atoms. The number of anilines is 1. The van der Waals surface area contributed by atoms with E-state index in [1.807, 2.05) is 0 Å². The molecule has 0 radical (unpaired) electrons. The summed E-state index contributed by atoms with van der Waals surface area (Å²) in [5.74, 6) is -0.211. The van der Waals surface area contributed by atoms with Gasteiger partial charge >= 0.3 is 0 Å². The van der Waals surface area contributed by atoms with E-state index in [0.717, 1.165) is 4.47 Å². The number of carbonyl (C=O) groups is 1. The molecule has 6 heteroatoms. The van der Waals surface area contributed by atoms with Gasteiger partial charge in [0.2, 0.25) is 0 Å². The number of nitrogens with zero attached hydrogens (tertiary/aromatic N) is 2. The molecule has 2 aromatic heterocycles. The summed E-state index contributed by atoms with van der Waals surface area (Å²) in [6, 6.07) is 5.13. The molecule has 2 rings (SSSR count). The quantitative estimate of drug-likeness (QED) is 0.840. The number of pyridine rings is 2. The lowest BCUT2D eigenvalue weighted by molar-refractivity contribution is 0.102. The van der Waals surface area contributed by atoms with Crippen molar-refractivity contribution in [1.82, 2.24) is 9.97 Å². The Morgan fingerprint density at radius 2 is 2.00 bits per heavy atom. The summed E-state index contributed by atoms with van der Waals surface area (Å²) in [5, 5.41) is 2.76. The van der Waals surface area contributed by atoms with Gasteiger partial charge in [-0.25, -0.2) is 4.98 Å². The number of hydrogen-bond donors (Lipinski definition) is 1. The van der Waals surface area contributed by atoms with Gasteiger partial charge in [0.05, 0.1) is 15.7 Å². The first-order valence-electron chi connectivity index (χ1n) is 4.69. The Hall–Kier alpha value is -1.27. The van der Waals surface area contributed by atoms with Crippen LogP contribution in [0.3, 0.4) is 0 Å². The summed E-state index contributed by atoms with van der Waals surface area (Å²) in [7, 11) is 0. The minimum atomic E-state index is -0.211. The molecule has 0 fully saturated rings. The Morgan fingerprint density at radius 1 is 1.18 bits per heavy atom. The number of rotatable bonds is 2. The maximum Gasteiger partial charge on any atom is 0.257 e. The lowest BCUT2D eigenvalue weighted by atomic mass is 10.2. The molecule has 0 saturated carbocycles. The minimum Gasteiger partial charge on any atom is -0.321 e. The van der Waals surface area contributed by atoms with Gasteiger partial charge in [0.1, 0.15) is 4.60 Å². The molecule has 1 amide bonds. The minimum absolute atomic E-state index is 0.211. The Balaban J connectivity index is 2.17. The van der Waals surface area contributed by atoms with Crippen LogP contribution in [0.1, 0.15) is 10.4 Å². The number of aromatic nitrogens is 2. The largest absolute Gasteiger partial charge is 0.321 e. The van der Waals surface area contributed by atoms with Gasteiger partial charge in [-0.1, -0.05) is 0 Å². The van der Waals surface area contributed by atoms with Crippen LogP contribution < -0.4 is 5.32 Å². The van der Waals surface area contributed by atoms with Crippen molar-refractivity contribution in [2.24, 2.45) is 0 Å². The van der Waals surface area contributed by atoms with E-state index >= 15 is 0 Å². The van der Waals surface area contributed by atoms with Gasteiger partial charge < -0.3 is 5.32 Å². The highest BCUT2D eigenvalue weighted by molar-refractivity contribution is 9.10. The predicted molar refractivity (Wildman–Crippen MR) is 71.8 cm³/mol. The summed E-state index contributed by atoms with van der Waals surface area (Å²) < 4.78 is 1.43. The Bertz CT molecular complexity index is 543. The topological polar surface area (TPSA) is 54.9 Å². The van der Waals surface area contributed by atoms with Crippen molar-refractivity contribution in [3.63, 3.8) is 0 Å². The fraction of sp³-hybridized carbons (Fsp3) is 0. The van der Waals surface area contributed by atoms with E-state index in [2.05, 4.69) is 47.1 Å². The number of carbonyl (C=O) groups excluding carboxylic acids is 1. The maximum atomic E-state index is 11.9. The first-order chi connectivity index (χ1) is 8.16. The van der Waals surface area contributed by atoms with Crippen LogP contribution in [0.25, 0.3) is 0 Å². The fourth-order valence-electron chi connectivity index (χ4n) is 1.18. The number of nitrogens with one attached hydrogen (secondary N) is 1. The van der Waals surface area contributed by atoms with Gasteiger partial charge in [0.25, 0.3) is 5.91 Å². The summed E-state index contributed by atoms with van der Waals surface area (Å²) in [4.78, 5) is 19.8. The average molecular weight is 357 g/mol. The lowest BCUT2D eigenvalue weighted by Crippen LogP contribution is -2.12. The van der Waals surface area contributed by atoms with E-state index in [-0.39, 0.29) is 5.91 Å². The molecule has 17 heavy (non-hydrogen) atoms. The molecular formula is C11H7Br2N3O. The molecule has 86 valence electrons. The Labute approximate surface area is 115 Å². The molecule has 0 bridgehead atoms. The predicted octanol–water partition coefficient (Wildman–Crippen LogP) is 3.25. The first kappa shape index (κ1) is 12.2. The van der Waals surface area contributed by atoms with Gasteiger partial charge in [-0.05, 0) is 50.1 Å². The molecule has 2 heterocycles. The van der Waals surface area contributed by atoms with Crippen LogP contribution in [0.5, 0.6) is 0 Å². The highest BCUT2D eigenvalue weighted by Crippen LogP contribution is 2.20. The SMILES string of the molecule is O=C(Nc1ccncc1Br)c1ccc(Br)nc1. The molecule has 0 aliphatic carbocycles. The van der Waals surface area contributed by atoms with Crippen LogP contribution in [0.4, 0.5) is 5.69 Å². The molecule has 0 aliphatic rings. The van der Waals surface area contributed by atoms with Crippen molar-refractivity contribution >= 4 is 43.5 Å². The van der Waals surface area contributed by atoms with E-state index in [9.17, 15) is 4.79 Å². The zero-order valence-electron chi connectivity index (χ0n) is 8.52. The van der Waals surface area contributed by atoms with Crippen LogP contribution >= 0.6 is 31.9 Å². The second kappa shape index (κ2) is 5.37. The number of amides is 1. The smallest absolute Gasteiger partial charge is 0.257 e. The van der Waals surface area contributed by atoms with Crippen molar-refractivity contribution in [3.8, 4) is 0 Å². The van der Waals surface area contributed by atoms with E-state index < -0.39 is 0 Å². The van der Waals surface area contributed by atoms with E-state index in [0.29, 0.717) is 15.9 Å². The summed E-state index contributed by atoms with van der Waals surface area (Å²) in [6.45, 7) is 0. The van der Waals surface area contributed by atoms with Crippen molar-refractivity contribution in [2.45, 2.75) is 0 Å². The zero-order valence-corrected chi connectivity index (χ0v) is 11.7. The average Bonchev–Trinajstić information content (AvgIpc) is 2.33. The van der Waals surface area contributed by atoms with Crippen molar-refractivity contribution in [1.29, 1.82) is 0 Å². The van der Waals surface area contributed by atoms with E-state index in [1.54, 1.807) is 30.6 Å². The third-order valence-corrected chi connectivity index (χ3v) is 3.11. The van der Waals surface area contributed by atoms with Crippen LogP contribution in [0.2, 0.25) is 0 Å². The third-order valence-electron chi connectivity index (χ3n) is 2.01. The molecule has 0 unspecified atom stereocenters. The molecule has 1 N–H and O–H groups in total. The molecule has 0 aliphatic heterocycles. The van der Waals surface area contributed by atoms with Crippen LogP contribution in [-0.2, 0) is 0 Å². The van der Waals surface area contributed by atoms with Crippen LogP contribution in [-0.4, -0.2) is 15.9 Å². The molecular weight excluding hydrogens is 350 g/mol. The standard InChI is InChI=1S/C11H7Br2N3O/c12-8-6-14-4-3-9(8)16-11(17)7-1-2-10(13)15-5-7/h1-6H,(H,14,16,17).